The van der Waals surface area contributed by atoms with Gasteiger partial charge in [-0.25, -0.2) is 9.97 Å². The second-order valence-electron chi connectivity index (χ2n) is 4.11. The highest BCUT2D eigenvalue weighted by atomic mass is 79.9. The highest BCUT2D eigenvalue weighted by molar-refractivity contribution is 9.10. The Morgan fingerprint density at radius 2 is 1.83 bits per heavy atom. The number of rotatable bonds is 4. The Morgan fingerprint density at radius 1 is 1.22 bits per heavy atom. The number of aromatic nitrogens is 2. The number of nitrogens with zero attached hydrogens (tertiary/aromatic N) is 2. The van der Waals surface area contributed by atoms with E-state index in [0.717, 1.165) is 10.9 Å². The maximum absolute atomic E-state index is 5.74. The number of halogens is 1. The molecule has 1 aromatic heterocycles. The van der Waals surface area contributed by atoms with E-state index in [9.17, 15) is 0 Å². The van der Waals surface area contributed by atoms with Crippen molar-refractivity contribution in [1.82, 2.24) is 9.97 Å². The van der Waals surface area contributed by atoms with Gasteiger partial charge in [0.25, 0.3) is 0 Å². The topological polar surface area (TPSA) is 61.0 Å². The van der Waals surface area contributed by atoms with Crippen molar-refractivity contribution in [3.05, 3.63) is 46.7 Å². The van der Waals surface area contributed by atoms with Gasteiger partial charge in [-0.1, -0.05) is 12.1 Å². The molecule has 0 saturated heterocycles. The lowest BCUT2D eigenvalue weighted by molar-refractivity contribution is 0.441. The van der Waals surface area contributed by atoms with E-state index in [4.69, 9.17) is 10.5 Å². The van der Waals surface area contributed by atoms with E-state index in [0.29, 0.717) is 11.8 Å². The average Bonchev–Trinajstić information content (AvgIpc) is 2.34. The molecular formula is C13H14BrN3O. The summed E-state index contributed by atoms with van der Waals surface area (Å²) in [5, 5.41) is 0. The third kappa shape index (κ3) is 3.78. The normalized spacial score (nSPS) is 12.2. The van der Waals surface area contributed by atoms with E-state index >= 15 is 0 Å². The van der Waals surface area contributed by atoms with Crippen LogP contribution in [0.4, 0.5) is 0 Å². The van der Waals surface area contributed by atoms with E-state index in [1.807, 2.05) is 31.2 Å². The molecule has 4 nitrogen and oxygen atoms in total. The van der Waals surface area contributed by atoms with Crippen molar-refractivity contribution in [3.63, 3.8) is 0 Å². The van der Waals surface area contributed by atoms with Gasteiger partial charge in [-0.2, -0.15) is 0 Å². The van der Waals surface area contributed by atoms with Crippen molar-refractivity contribution in [2.75, 3.05) is 0 Å². The van der Waals surface area contributed by atoms with Gasteiger partial charge in [0.15, 0.2) is 0 Å². The molecule has 0 fully saturated rings. The smallest absolute Gasteiger partial charge is 0.321 e. The molecule has 0 amide bonds. The van der Waals surface area contributed by atoms with Crippen molar-refractivity contribution < 1.29 is 4.74 Å². The van der Waals surface area contributed by atoms with E-state index < -0.39 is 0 Å². The minimum absolute atomic E-state index is 0.159. The van der Waals surface area contributed by atoms with Crippen LogP contribution in [0, 0.1) is 0 Å². The van der Waals surface area contributed by atoms with Crippen LogP contribution in [0.1, 0.15) is 12.5 Å². The second-order valence-corrected chi connectivity index (χ2v) is 5.03. The monoisotopic (exact) mass is 307 g/mol. The fourth-order valence-electron chi connectivity index (χ4n) is 1.52. The molecule has 94 valence electrons. The van der Waals surface area contributed by atoms with Gasteiger partial charge in [0, 0.05) is 18.4 Å². The molecule has 1 atom stereocenters. The lowest BCUT2D eigenvalue weighted by atomic mass is 10.1. The van der Waals surface area contributed by atoms with Crippen LogP contribution in [0.5, 0.6) is 11.8 Å². The molecule has 18 heavy (non-hydrogen) atoms. The van der Waals surface area contributed by atoms with Gasteiger partial charge in [-0.3, -0.25) is 0 Å². The molecular weight excluding hydrogens is 294 g/mol. The molecule has 2 rings (SSSR count). The van der Waals surface area contributed by atoms with E-state index in [1.165, 1.54) is 5.56 Å². The number of nitrogens with two attached hydrogens (primary N) is 1. The Labute approximate surface area is 114 Å². The first-order valence-electron chi connectivity index (χ1n) is 5.63. The minimum Gasteiger partial charge on any atom is -0.424 e. The summed E-state index contributed by atoms with van der Waals surface area (Å²) >= 11 is 3.27. The molecule has 0 saturated carbocycles. The van der Waals surface area contributed by atoms with Crippen molar-refractivity contribution >= 4 is 15.9 Å². The predicted octanol–water partition coefficient (Wildman–Crippen LogP) is 2.92. The van der Waals surface area contributed by atoms with Crippen molar-refractivity contribution in [3.8, 4) is 11.8 Å². The van der Waals surface area contributed by atoms with Crippen molar-refractivity contribution in [1.29, 1.82) is 0 Å². The number of benzene rings is 1. The third-order valence-corrected chi connectivity index (χ3v) is 2.70. The summed E-state index contributed by atoms with van der Waals surface area (Å²) in [6.45, 7) is 1.99. The van der Waals surface area contributed by atoms with E-state index in [-0.39, 0.29) is 6.04 Å². The lowest BCUT2D eigenvalue weighted by Crippen LogP contribution is -2.17. The van der Waals surface area contributed by atoms with Crippen LogP contribution in [-0.2, 0) is 6.42 Å². The van der Waals surface area contributed by atoms with Gasteiger partial charge in [0.2, 0.25) is 0 Å². The lowest BCUT2D eigenvalue weighted by Gasteiger charge is -2.07. The number of hydrogen-bond donors (Lipinski definition) is 1. The van der Waals surface area contributed by atoms with E-state index in [2.05, 4.69) is 25.9 Å². The third-order valence-electron chi connectivity index (χ3n) is 2.29. The second kappa shape index (κ2) is 5.93. The van der Waals surface area contributed by atoms with Crippen LogP contribution in [0.2, 0.25) is 0 Å². The summed E-state index contributed by atoms with van der Waals surface area (Å²) in [5.41, 5.74) is 6.93. The standard InChI is InChI=1S/C13H14BrN3O/c1-9(15)6-10-2-4-12(5-3-10)18-13-16-7-11(14)8-17-13/h2-5,7-9H,6,15H2,1H3. The van der Waals surface area contributed by atoms with Crippen LogP contribution in [-0.4, -0.2) is 16.0 Å². The fraction of sp³-hybridized carbons (Fsp3) is 0.231. The van der Waals surface area contributed by atoms with Crippen LogP contribution >= 0.6 is 15.9 Å². The zero-order valence-corrected chi connectivity index (χ0v) is 11.6. The number of ether oxygens (including phenoxy) is 1. The van der Waals surface area contributed by atoms with E-state index in [1.54, 1.807) is 12.4 Å². The van der Waals surface area contributed by atoms with Gasteiger partial charge in [-0.15, -0.1) is 0 Å². The molecule has 1 aromatic carbocycles. The molecule has 0 aliphatic rings. The first kappa shape index (κ1) is 13.0. The van der Waals surface area contributed by atoms with Crippen LogP contribution in [0.3, 0.4) is 0 Å². The SMILES string of the molecule is CC(N)Cc1ccc(Oc2ncc(Br)cn2)cc1. The maximum atomic E-state index is 5.74. The quantitative estimate of drug-likeness (QED) is 0.943. The first-order valence-corrected chi connectivity index (χ1v) is 6.43. The average molecular weight is 308 g/mol. The van der Waals surface area contributed by atoms with Gasteiger partial charge in [-0.05, 0) is 47.0 Å². The molecule has 5 heteroatoms. The molecule has 0 aliphatic heterocycles. The Kier molecular flexibility index (Phi) is 4.28. The highest BCUT2D eigenvalue weighted by Crippen LogP contribution is 2.19. The Bertz CT molecular complexity index is 497. The molecule has 1 heterocycles. The molecule has 1 unspecified atom stereocenters. The molecule has 0 radical (unpaired) electrons. The predicted molar refractivity (Wildman–Crippen MR) is 73.6 cm³/mol. The summed E-state index contributed by atoms with van der Waals surface area (Å²) in [6.07, 6.45) is 4.15. The summed E-state index contributed by atoms with van der Waals surface area (Å²) in [4.78, 5) is 8.09. The van der Waals surface area contributed by atoms with Crippen LogP contribution in [0.15, 0.2) is 41.1 Å². The van der Waals surface area contributed by atoms with Crippen molar-refractivity contribution in [2.45, 2.75) is 19.4 Å². The highest BCUT2D eigenvalue weighted by Gasteiger charge is 2.02. The Morgan fingerprint density at radius 3 is 2.39 bits per heavy atom. The fourth-order valence-corrected chi connectivity index (χ4v) is 1.73. The molecule has 0 aliphatic carbocycles. The van der Waals surface area contributed by atoms with Gasteiger partial charge in [0.1, 0.15) is 5.75 Å². The zero-order chi connectivity index (χ0) is 13.0. The minimum atomic E-state index is 0.159. The molecule has 0 bridgehead atoms. The zero-order valence-electron chi connectivity index (χ0n) is 10.0. The molecule has 0 spiro atoms. The molecule has 2 N–H and O–H groups in total. The van der Waals surface area contributed by atoms with Gasteiger partial charge < -0.3 is 10.5 Å². The summed E-state index contributed by atoms with van der Waals surface area (Å²) in [7, 11) is 0. The van der Waals surface area contributed by atoms with Crippen LogP contribution < -0.4 is 10.5 Å². The summed E-state index contributed by atoms with van der Waals surface area (Å²) < 4.78 is 6.34. The Hall–Kier alpha value is -1.46. The Balaban J connectivity index is 2.04. The van der Waals surface area contributed by atoms with Crippen LogP contribution in [0.25, 0.3) is 0 Å². The van der Waals surface area contributed by atoms with Gasteiger partial charge >= 0.3 is 6.01 Å². The maximum Gasteiger partial charge on any atom is 0.321 e. The largest absolute Gasteiger partial charge is 0.424 e. The molecule has 2 aromatic rings. The summed E-state index contributed by atoms with van der Waals surface area (Å²) in [6, 6.07) is 8.27. The van der Waals surface area contributed by atoms with Crippen molar-refractivity contribution in [2.24, 2.45) is 5.73 Å². The first-order chi connectivity index (χ1) is 8.63. The summed E-state index contributed by atoms with van der Waals surface area (Å²) in [5.74, 6) is 0.714. The number of hydrogen-bond acceptors (Lipinski definition) is 4. The van der Waals surface area contributed by atoms with Gasteiger partial charge in [0.05, 0.1) is 4.47 Å².